The monoisotopic (exact) mass is 344 g/mol. The molecule has 0 radical (unpaired) electrons. The van der Waals surface area contributed by atoms with Gasteiger partial charge in [-0.25, -0.2) is 4.79 Å². The van der Waals surface area contributed by atoms with E-state index in [0.29, 0.717) is 30.4 Å². The molecule has 1 aromatic carbocycles. The molecule has 1 aliphatic rings. The normalized spacial score (nSPS) is 18.8. The summed E-state index contributed by atoms with van der Waals surface area (Å²) < 4.78 is 11.3. The fourth-order valence-electron chi connectivity index (χ4n) is 3.81. The predicted octanol–water partition coefficient (Wildman–Crippen LogP) is 3.38. The number of ether oxygens (including phenoxy) is 1. The maximum atomic E-state index is 12.4. The second-order valence-electron chi connectivity index (χ2n) is 7.08. The summed E-state index contributed by atoms with van der Waals surface area (Å²) in [7, 11) is 4.28. The number of esters is 1. The van der Waals surface area contributed by atoms with Gasteiger partial charge in [0.25, 0.3) is 0 Å². The minimum Gasteiger partial charge on any atom is -0.462 e. The van der Waals surface area contributed by atoms with Crippen molar-refractivity contribution in [3.8, 4) is 0 Å². The highest BCUT2D eigenvalue weighted by Gasteiger charge is 2.24. The number of rotatable bonds is 6. The van der Waals surface area contributed by atoms with Crippen LogP contribution in [0.5, 0.6) is 0 Å². The molecule has 1 fully saturated rings. The maximum Gasteiger partial charge on any atom is 0.342 e. The zero-order chi connectivity index (χ0) is 17.8. The van der Waals surface area contributed by atoms with Crippen LogP contribution in [-0.2, 0) is 11.3 Å². The zero-order valence-electron chi connectivity index (χ0n) is 15.5. The van der Waals surface area contributed by atoms with Gasteiger partial charge in [-0.3, -0.25) is 4.90 Å². The number of fused-ring (bicyclic) bond motifs is 1. The van der Waals surface area contributed by atoms with Crippen LogP contribution in [0.2, 0.25) is 0 Å². The molecule has 1 aromatic heterocycles. The fourth-order valence-corrected chi connectivity index (χ4v) is 3.81. The number of carbonyl (C=O) groups is 1. The van der Waals surface area contributed by atoms with Crippen LogP contribution in [0.3, 0.4) is 0 Å². The first-order chi connectivity index (χ1) is 12.1. The Hall–Kier alpha value is -1.85. The van der Waals surface area contributed by atoms with Crippen molar-refractivity contribution >= 4 is 16.9 Å². The lowest BCUT2D eigenvalue weighted by Gasteiger charge is -2.32. The summed E-state index contributed by atoms with van der Waals surface area (Å²) in [4.78, 5) is 17.1. The fraction of sp³-hybridized carbons (Fsp3) is 0.550. The van der Waals surface area contributed by atoms with Crippen LogP contribution >= 0.6 is 0 Å². The van der Waals surface area contributed by atoms with Crippen LogP contribution in [0.25, 0.3) is 11.0 Å². The summed E-state index contributed by atoms with van der Waals surface area (Å²) in [6, 6.07) is 7.67. The summed E-state index contributed by atoms with van der Waals surface area (Å²) in [5.41, 5.74) is 1.32. The lowest BCUT2D eigenvalue weighted by Crippen LogP contribution is -2.37. The molecule has 0 saturated carbocycles. The van der Waals surface area contributed by atoms with E-state index in [1.807, 2.05) is 31.2 Å². The summed E-state index contributed by atoms with van der Waals surface area (Å²) in [6.45, 7) is 6.13. The quantitative estimate of drug-likeness (QED) is 0.752. The standard InChI is InChI=1S/C20H28N2O3/c1-4-24-20(23)19-16-9-5-6-10-17(16)25-18(19)14-22(3)13-15-8-7-11-21(2)12-15/h5-6,9-10,15H,4,7-8,11-14H2,1-3H3. The third kappa shape index (κ3) is 4.22. The highest BCUT2D eigenvalue weighted by Crippen LogP contribution is 2.28. The van der Waals surface area contributed by atoms with E-state index in [9.17, 15) is 4.79 Å². The van der Waals surface area contributed by atoms with Crippen molar-refractivity contribution in [3.63, 3.8) is 0 Å². The van der Waals surface area contributed by atoms with Crippen molar-refractivity contribution in [2.75, 3.05) is 40.3 Å². The van der Waals surface area contributed by atoms with Gasteiger partial charge in [0, 0.05) is 18.5 Å². The third-order valence-electron chi connectivity index (χ3n) is 4.85. The van der Waals surface area contributed by atoms with Crippen molar-refractivity contribution in [3.05, 3.63) is 35.6 Å². The molecule has 2 heterocycles. The Kier molecular flexibility index (Phi) is 5.76. The van der Waals surface area contributed by atoms with Crippen molar-refractivity contribution in [1.82, 2.24) is 9.80 Å². The summed E-state index contributed by atoms with van der Waals surface area (Å²) in [5.74, 6) is 1.07. The third-order valence-corrected chi connectivity index (χ3v) is 4.85. The van der Waals surface area contributed by atoms with Gasteiger partial charge in [0.2, 0.25) is 0 Å². The van der Waals surface area contributed by atoms with E-state index >= 15 is 0 Å². The zero-order valence-corrected chi connectivity index (χ0v) is 15.5. The molecule has 0 amide bonds. The molecule has 0 bridgehead atoms. The maximum absolute atomic E-state index is 12.4. The first-order valence-electron chi connectivity index (χ1n) is 9.13. The van der Waals surface area contributed by atoms with Crippen molar-refractivity contribution in [2.24, 2.45) is 5.92 Å². The van der Waals surface area contributed by atoms with E-state index in [1.165, 1.54) is 19.4 Å². The number of furan rings is 1. The van der Waals surface area contributed by atoms with Crippen LogP contribution in [0.15, 0.2) is 28.7 Å². The number of benzene rings is 1. The molecular formula is C20H28N2O3. The van der Waals surface area contributed by atoms with Crippen molar-refractivity contribution < 1.29 is 13.9 Å². The topological polar surface area (TPSA) is 45.9 Å². The van der Waals surface area contributed by atoms with E-state index in [-0.39, 0.29) is 5.97 Å². The number of hydrogen-bond acceptors (Lipinski definition) is 5. The molecule has 0 aliphatic carbocycles. The molecule has 3 rings (SSSR count). The van der Waals surface area contributed by atoms with Crippen molar-refractivity contribution in [2.45, 2.75) is 26.3 Å². The number of nitrogens with zero attached hydrogens (tertiary/aromatic N) is 2. The molecule has 1 aliphatic heterocycles. The molecular weight excluding hydrogens is 316 g/mol. The van der Waals surface area contributed by atoms with Crippen LogP contribution in [0.4, 0.5) is 0 Å². The number of likely N-dealkylation sites (tertiary alicyclic amines) is 1. The Morgan fingerprint density at radius 1 is 1.40 bits per heavy atom. The summed E-state index contributed by atoms with van der Waals surface area (Å²) in [5, 5.41) is 0.835. The molecule has 1 saturated heterocycles. The van der Waals surface area contributed by atoms with Gasteiger partial charge in [-0.1, -0.05) is 18.2 Å². The first-order valence-corrected chi connectivity index (χ1v) is 9.13. The van der Waals surface area contributed by atoms with E-state index in [0.717, 1.165) is 24.1 Å². The van der Waals surface area contributed by atoms with Crippen LogP contribution in [0, 0.1) is 5.92 Å². The second kappa shape index (κ2) is 8.02. The van der Waals surface area contributed by atoms with Crippen molar-refractivity contribution in [1.29, 1.82) is 0 Å². The van der Waals surface area contributed by atoms with Crippen LogP contribution < -0.4 is 0 Å². The summed E-state index contributed by atoms with van der Waals surface area (Å²) >= 11 is 0. The molecule has 1 unspecified atom stereocenters. The van der Waals surface area contributed by atoms with E-state index < -0.39 is 0 Å². The van der Waals surface area contributed by atoms with Gasteiger partial charge in [0.05, 0.1) is 13.2 Å². The molecule has 136 valence electrons. The van der Waals surface area contributed by atoms with Crippen LogP contribution in [-0.4, -0.2) is 56.1 Å². The molecule has 5 nitrogen and oxygen atoms in total. The Bertz CT molecular complexity index is 725. The Balaban J connectivity index is 1.77. The van der Waals surface area contributed by atoms with Gasteiger partial charge < -0.3 is 14.1 Å². The number of para-hydroxylation sites is 1. The van der Waals surface area contributed by atoms with Gasteiger partial charge in [0.1, 0.15) is 16.9 Å². The molecule has 25 heavy (non-hydrogen) atoms. The van der Waals surface area contributed by atoms with Gasteiger partial charge in [-0.05, 0) is 52.4 Å². The minimum absolute atomic E-state index is 0.298. The smallest absolute Gasteiger partial charge is 0.342 e. The molecule has 5 heteroatoms. The molecule has 0 spiro atoms. The Morgan fingerprint density at radius 2 is 2.20 bits per heavy atom. The molecule has 0 N–H and O–H groups in total. The van der Waals surface area contributed by atoms with Gasteiger partial charge in [-0.2, -0.15) is 0 Å². The SMILES string of the molecule is CCOC(=O)c1c(CN(C)CC2CCCN(C)C2)oc2ccccc12. The highest BCUT2D eigenvalue weighted by molar-refractivity contribution is 6.04. The van der Waals surface area contributed by atoms with Gasteiger partial charge in [0.15, 0.2) is 0 Å². The Morgan fingerprint density at radius 3 is 2.96 bits per heavy atom. The summed E-state index contributed by atoms with van der Waals surface area (Å²) in [6.07, 6.45) is 2.52. The average molecular weight is 344 g/mol. The minimum atomic E-state index is -0.298. The predicted molar refractivity (Wildman–Crippen MR) is 98.7 cm³/mol. The highest BCUT2D eigenvalue weighted by atomic mass is 16.5. The van der Waals surface area contributed by atoms with E-state index in [1.54, 1.807) is 0 Å². The van der Waals surface area contributed by atoms with Gasteiger partial charge >= 0.3 is 5.97 Å². The van der Waals surface area contributed by atoms with Crippen LogP contribution in [0.1, 0.15) is 35.9 Å². The first kappa shape index (κ1) is 18.0. The lowest BCUT2D eigenvalue weighted by atomic mass is 9.98. The largest absolute Gasteiger partial charge is 0.462 e. The average Bonchev–Trinajstić information content (AvgIpc) is 2.92. The number of carbonyl (C=O) groups excluding carboxylic acids is 1. The van der Waals surface area contributed by atoms with Gasteiger partial charge in [-0.15, -0.1) is 0 Å². The Labute approximate surface area is 149 Å². The van der Waals surface area contributed by atoms with E-state index in [4.69, 9.17) is 9.15 Å². The van der Waals surface area contributed by atoms with E-state index in [2.05, 4.69) is 23.9 Å². The number of hydrogen-bond donors (Lipinski definition) is 0. The lowest BCUT2D eigenvalue weighted by molar-refractivity contribution is 0.0524. The molecule has 2 aromatic rings. The molecule has 1 atom stereocenters. The second-order valence-corrected chi connectivity index (χ2v) is 7.08. The number of piperidine rings is 1.